The Morgan fingerprint density at radius 2 is 1.43 bits per heavy atom. The second-order valence-corrected chi connectivity index (χ2v) is 19.4. The molecule has 0 radical (unpaired) electrons. The summed E-state index contributed by atoms with van der Waals surface area (Å²) in [5.74, 6) is -0.0928. The summed E-state index contributed by atoms with van der Waals surface area (Å²) in [7, 11) is -1.47. The molecular weight excluding hydrogens is 472 g/mol. The average Bonchev–Trinajstić information content (AvgIpc) is 2.75. The van der Waals surface area contributed by atoms with Crippen LogP contribution in [0, 0.1) is 22.7 Å². The molecule has 0 saturated heterocycles. The molecule has 0 bridgehead atoms. The molecule has 2 unspecified atom stereocenters. The van der Waals surface area contributed by atoms with E-state index in [9.17, 15) is 15.3 Å². The van der Waals surface area contributed by atoms with E-state index in [1.54, 1.807) is 13.8 Å². The third kappa shape index (κ3) is 17.5. The molecule has 8 nitrogen and oxygen atoms in total. The first-order valence-corrected chi connectivity index (χ1v) is 18.4. The molecule has 10 heteroatoms. The van der Waals surface area contributed by atoms with Crippen LogP contribution in [0.25, 0.3) is 0 Å². The van der Waals surface area contributed by atoms with E-state index < -0.39 is 27.7 Å². The largest absolute Gasteiger partial charge is 0.455 e. The van der Waals surface area contributed by atoms with Crippen molar-refractivity contribution in [2.75, 3.05) is 20.1 Å². The summed E-state index contributed by atoms with van der Waals surface area (Å²) in [5, 5.41) is 33.5. The molecule has 1 amide bonds. The third-order valence-electron chi connectivity index (χ3n) is 5.64. The molecule has 2 N–H and O–H groups in total. The second kappa shape index (κ2) is 17.8. The first-order chi connectivity index (χ1) is 15.3. The Labute approximate surface area is 218 Å². The van der Waals surface area contributed by atoms with Crippen molar-refractivity contribution in [2.45, 2.75) is 124 Å². The van der Waals surface area contributed by atoms with E-state index in [1.807, 2.05) is 7.05 Å². The van der Waals surface area contributed by atoms with Crippen molar-refractivity contribution in [2.24, 2.45) is 10.2 Å². The van der Waals surface area contributed by atoms with Crippen molar-refractivity contribution in [3.05, 3.63) is 0 Å². The quantitative estimate of drug-likeness (QED) is 0.129. The SMILES string of the molecule is C.C.CCCCC(C)(C#N)N=NC(C)(C#N)CCC(=O)NCCC[Si](C)(C)O[Si](C)(C)CCNC. The fourth-order valence-electron chi connectivity index (χ4n) is 3.46. The van der Waals surface area contributed by atoms with Crippen LogP contribution in [0.15, 0.2) is 10.2 Å². The van der Waals surface area contributed by atoms with Crippen LogP contribution in [0.3, 0.4) is 0 Å². The Bertz CT molecular complexity index is 718. The highest BCUT2D eigenvalue weighted by atomic mass is 28.4. The lowest BCUT2D eigenvalue weighted by Gasteiger charge is -2.34. The Morgan fingerprint density at radius 3 is 1.91 bits per heavy atom. The van der Waals surface area contributed by atoms with Crippen molar-refractivity contribution >= 4 is 22.5 Å². The number of amides is 1. The van der Waals surface area contributed by atoms with Crippen LogP contribution in [0.2, 0.25) is 38.3 Å². The van der Waals surface area contributed by atoms with Crippen LogP contribution < -0.4 is 10.6 Å². The average molecular weight is 527 g/mol. The summed E-state index contributed by atoms with van der Waals surface area (Å²) >= 11 is 0. The van der Waals surface area contributed by atoms with Gasteiger partial charge in [0.25, 0.3) is 0 Å². The molecule has 0 aliphatic rings. The number of hydrogen-bond acceptors (Lipinski definition) is 7. The maximum absolute atomic E-state index is 12.3. The molecule has 0 aromatic rings. The number of nitrogens with one attached hydrogen (secondary N) is 2. The maximum atomic E-state index is 12.3. The summed E-state index contributed by atoms with van der Waals surface area (Å²) in [5.41, 5.74) is -2.05. The number of nitriles is 2. The zero-order valence-corrected chi connectivity index (χ0v) is 24.2. The van der Waals surface area contributed by atoms with Crippen molar-refractivity contribution in [1.82, 2.24) is 10.6 Å². The minimum atomic E-state index is -1.77. The highest BCUT2D eigenvalue weighted by Crippen LogP contribution is 2.24. The molecule has 0 saturated carbocycles. The van der Waals surface area contributed by atoms with Gasteiger partial charge in [-0.2, -0.15) is 20.8 Å². The highest BCUT2D eigenvalue weighted by Gasteiger charge is 2.32. The van der Waals surface area contributed by atoms with Crippen LogP contribution in [-0.2, 0) is 8.91 Å². The Kier molecular flexibility index (Phi) is 19.3. The number of unbranched alkanes of at least 4 members (excludes halogenated alkanes) is 1. The van der Waals surface area contributed by atoms with Crippen LogP contribution in [0.5, 0.6) is 0 Å². The molecule has 204 valence electrons. The maximum Gasteiger partial charge on any atom is 0.220 e. The van der Waals surface area contributed by atoms with E-state index in [-0.39, 0.29) is 33.6 Å². The predicted molar refractivity (Wildman–Crippen MR) is 152 cm³/mol. The van der Waals surface area contributed by atoms with Gasteiger partial charge in [-0.3, -0.25) is 4.79 Å². The number of rotatable bonds is 17. The van der Waals surface area contributed by atoms with Crippen molar-refractivity contribution in [3.63, 3.8) is 0 Å². The van der Waals surface area contributed by atoms with Gasteiger partial charge in [-0.05, 0) is 85.0 Å². The number of carbonyl (C=O) groups is 1. The lowest BCUT2D eigenvalue weighted by atomic mass is 9.97. The standard InChI is InChI=1S/C23H46N6O2Si2.2CH4/c1-9-10-13-22(2,19-24)28-29-23(3,20-25)14-12-21(30)27-15-11-17-32(5,6)31-33(7,8)18-16-26-4;;/h26H,9-18H2,1-8H3,(H,27,30);2*1H4. The minimum absolute atomic E-state index is 0. The normalized spacial score (nSPS) is 15.0. The zero-order valence-electron chi connectivity index (χ0n) is 22.2. The van der Waals surface area contributed by atoms with E-state index in [0.29, 0.717) is 13.0 Å². The molecule has 0 aromatic carbocycles. The molecule has 0 aromatic heterocycles. The van der Waals surface area contributed by atoms with Gasteiger partial charge < -0.3 is 14.7 Å². The number of hydrogen-bond donors (Lipinski definition) is 2. The number of azo groups is 1. The van der Waals surface area contributed by atoms with Gasteiger partial charge in [-0.25, -0.2) is 0 Å². The van der Waals surface area contributed by atoms with E-state index in [2.05, 4.69) is 66.1 Å². The molecule has 0 aliphatic heterocycles. The summed E-state index contributed by atoms with van der Waals surface area (Å²) in [6.45, 7) is 16.1. The topological polar surface area (TPSA) is 123 Å². The summed E-state index contributed by atoms with van der Waals surface area (Å²) < 4.78 is 6.57. The summed E-state index contributed by atoms with van der Waals surface area (Å²) in [6.07, 6.45) is 3.78. The molecule has 2 atom stereocenters. The van der Waals surface area contributed by atoms with Crippen molar-refractivity contribution < 1.29 is 8.91 Å². The van der Waals surface area contributed by atoms with Gasteiger partial charge in [-0.15, -0.1) is 0 Å². The molecule has 35 heavy (non-hydrogen) atoms. The lowest BCUT2D eigenvalue weighted by Crippen LogP contribution is -2.45. The van der Waals surface area contributed by atoms with Crippen LogP contribution >= 0.6 is 0 Å². The van der Waals surface area contributed by atoms with Crippen LogP contribution in [0.4, 0.5) is 0 Å². The fourth-order valence-corrected chi connectivity index (χ4v) is 12.1. The molecule has 0 aliphatic carbocycles. The number of carbonyl (C=O) groups excluding carboxylic acids is 1. The van der Waals surface area contributed by atoms with Gasteiger partial charge in [0.1, 0.15) is 0 Å². The van der Waals surface area contributed by atoms with Gasteiger partial charge in [0.2, 0.25) is 5.91 Å². The first-order valence-electron chi connectivity index (χ1n) is 12.1. The first kappa shape index (κ1) is 37.9. The van der Waals surface area contributed by atoms with Crippen molar-refractivity contribution in [3.8, 4) is 12.1 Å². The van der Waals surface area contributed by atoms with Gasteiger partial charge in [0.15, 0.2) is 27.7 Å². The highest BCUT2D eigenvalue weighted by molar-refractivity contribution is 6.84. The Morgan fingerprint density at radius 1 is 0.914 bits per heavy atom. The zero-order chi connectivity index (χ0) is 25.6. The van der Waals surface area contributed by atoms with Crippen LogP contribution in [-0.4, -0.2) is 53.8 Å². The van der Waals surface area contributed by atoms with E-state index >= 15 is 0 Å². The van der Waals surface area contributed by atoms with Crippen LogP contribution in [0.1, 0.15) is 74.1 Å². The molecule has 0 fully saturated rings. The third-order valence-corrected chi connectivity index (χ3v) is 13.1. The van der Waals surface area contributed by atoms with E-state index in [0.717, 1.165) is 37.9 Å². The Balaban J connectivity index is -0.00000512. The fraction of sp³-hybridized carbons (Fsp3) is 0.880. The van der Waals surface area contributed by atoms with Gasteiger partial charge >= 0.3 is 0 Å². The summed E-state index contributed by atoms with van der Waals surface area (Å²) in [4.78, 5) is 12.3. The Hall–Kier alpha value is -1.60. The van der Waals surface area contributed by atoms with E-state index in [4.69, 9.17) is 4.12 Å². The molecule has 0 heterocycles. The molecule has 0 spiro atoms. The van der Waals surface area contributed by atoms with Gasteiger partial charge in [-0.1, -0.05) is 34.6 Å². The van der Waals surface area contributed by atoms with Gasteiger partial charge in [0, 0.05) is 13.0 Å². The minimum Gasteiger partial charge on any atom is -0.455 e. The second-order valence-electron chi connectivity index (χ2n) is 10.5. The van der Waals surface area contributed by atoms with E-state index in [1.165, 1.54) is 0 Å². The monoisotopic (exact) mass is 526 g/mol. The predicted octanol–water partition coefficient (Wildman–Crippen LogP) is 6.40. The summed E-state index contributed by atoms with van der Waals surface area (Å²) in [6, 6.07) is 6.43. The lowest BCUT2D eigenvalue weighted by molar-refractivity contribution is -0.121. The van der Waals surface area contributed by atoms with Gasteiger partial charge in [0.05, 0.1) is 12.1 Å². The molecule has 0 rings (SSSR count). The smallest absolute Gasteiger partial charge is 0.220 e. The molecular formula is C25H54N6O2Si2. The number of nitrogens with zero attached hydrogens (tertiary/aromatic N) is 4. The van der Waals surface area contributed by atoms with Crippen molar-refractivity contribution in [1.29, 1.82) is 10.5 Å².